The average Bonchev–Trinajstić information content (AvgIpc) is 3.33. The second-order valence-electron chi connectivity index (χ2n) is 11.6. The number of unbranched alkanes of at least 4 members (excludes halogenated alkanes) is 1. The number of rotatable bonds is 10. The van der Waals surface area contributed by atoms with Crippen LogP contribution in [0.15, 0.2) is 60.7 Å². The van der Waals surface area contributed by atoms with Crippen molar-refractivity contribution >= 4 is 18.0 Å². The number of cyclic esters (lactones) is 1. The molecule has 0 aliphatic carbocycles. The summed E-state index contributed by atoms with van der Waals surface area (Å²) >= 11 is 0. The first kappa shape index (κ1) is 34.2. The van der Waals surface area contributed by atoms with Crippen LogP contribution in [0.3, 0.4) is 0 Å². The highest BCUT2D eigenvalue weighted by Gasteiger charge is 2.45. The smallest absolute Gasteiger partial charge is 0.342 e. The highest BCUT2D eigenvalue weighted by atomic mass is 16.8. The summed E-state index contributed by atoms with van der Waals surface area (Å²) in [5.74, 6) is -1.36. The topological polar surface area (TPSA) is 125 Å². The molecule has 244 valence electrons. The maximum atomic E-state index is 13.7. The number of methoxy groups -OCH3 is 1. The molecule has 2 aliphatic heterocycles. The SMILES string of the molecule is COCOc1cc(OCCCCN)cc2c1C(=O)O[C@@H](C)[C@H](C)C=CC(OC(=O)c1ccccc1)C1OC(C)(C)O[C@H]1CC=C2. The van der Waals surface area contributed by atoms with Crippen molar-refractivity contribution in [1.29, 1.82) is 0 Å². The fourth-order valence-corrected chi connectivity index (χ4v) is 5.13. The molecule has 0 saturated carbocycles. The minimum atomic E-state index is -0.913. The number of carbonyl (C=O) groups excluding carboxylic acids is 2. The summed E-state index contributed by atoms with van der Waals surface area (Å²) in [6, 6.07) is 12.3. The normalized spacial score (nSPS) is 24.6. The van der Waals surface area contributed by atoms with E-state index >= 15 is 0 Å². The number of nitrogens with two attached hydrogens (primary N) is 1. The highest BCUT2D eigenvalue weighted by Crippen LogP contribution is 2.36. The first-order valence-corrected chi connectivity index (χ1v) is 15.4. The lowest BCUT2D eigenvalue weighted by atomic mass is 9.98. The van der Waals surface area contributed by atoms with E-state index in [1.807, 2.05) is 52.0 Å². The highest BCUT2D eigenvalue weighted by molar-refractivity contribution is 5.97. The van der Waals surface area contributed by atoms with Gasteiger partial charge in [-0.1, -0.05) is 43.4 Å². The zero-order valence-corrected chi connectivity index (χ0v) is 26.7. The first-order valence-electron chi connectivity index (χ1n) is 15.4. The zero-order valence-electron chi connectivity index (χ0n) is 26.7. The summed E-state index contributed by atoms with van der Waals surface area (Å²) in [5.41, 5.74) is 6.87. The standard InChI is InChI=1S/C35H45NO9/c1-23-16-17-28(43-33(37)25-12-7-6-8-13-25)32-29(44-35(3,4)45-32)15-11-14-26-20-27(40-19-10-9-18-36)21-30(41-22-39-5)31(26)34(38)42-24(23)2/h6-8,11-14,16-17,20-21,23-24,28-29,32H,9-10,15,18-19,22,36H2,1-5H3/t23-,24+,28?,29+,32?/m1/s1. The van der Waals surface area contributed by atoms with Crippen LogP contribution in [0, 0.1) is 5.92 Å². The van der Waals surface area contributed by atoms with Gasteiger partial charge in [0.25, 0.3) is 0 Å². The second-order valence-corrected chi connectivity index (χ2v) is 11.6. The lowest BCUT2D eigenvalue weighted by Gasteiger charge is -2.25. The van der Waals surface area contributed by atoms with Crippen LogP contribution in [0.5, 0.6) is 11.5 Å². The Bertz CT molecular complexity index is 1340. The minimum Gasteiger partial charge on any atom is -0.493 e. The molecule has 1 fully saturated rings. The first-order chi connectivity index (χ1) is 21.6. The Kier molecular flexibility index (Phi) is 12.2. The fourth-order valence-electron chi connectivity index (χ4n) is 5.13. The molecule has 2 N–H and O–H groups in total. The molecule has 0 amide bonds. The van der Waals surface area contributed by atoms with E-state index in [-0.39, 0.29) is 24.0 Å². The van der Waals surface area contributed by atoms with Gasteiger partial charge in [-0.2, -0.15) is 0 Å². The maximum absolute atomic E-state index is 13.7. The maximum Gasteiger partial charge on any atom is 0.342 e. The third-order valence-electron chi connectivity index (χ3n) is 7.61. The van der Waals surface area contributed by atoms with Crippen molar-refractivity contribution < 1.29 is 42.7 Å². The van der Waals surface area contributed by atoms with E-state index in [0.717, 1.165) is 12.8 Å². The molecule has 10 heteroatoms. The quantitative estimate of drug-likeness (QED) is 0.153. The third kappa shape index (κ3) is 9.40. The van der Waals surface area contributed by atoms with E-state index in [9.17, 15) is 9.59 Å². The number of benzene rings is 2. The van der Waals surface area contributed by atoms with Gasteiger partial charge in [-0.15, -0.1) is 0 Å². The van der Waals surface area contributed by atoms with Crippen molar-refractivity contribution in [2.24, 2.45) is 11.7 Å². The van der Waals surface area contributed by atoms with Gasteiger partial charge in [-0.05, 0) is 76.4 Å². The summed E-state index contributed by atoms with van der Waals surface area (Å²) < 4.78 is 41.6. The minimum absolute atomic E-state index is 0.0676. The molecule has 1 saturated heterocycles. The van der Waals surface area contributed by atoms with Crippen LogP contribution in [-0.4, -0.2) is 69.2 Å². The van der Waals surface area contributed by atoms with Crippen molar-refractivity contribution in [3.05, 3.63) is 77.4 Å². The van der Waals surface area contributed by atoms with E-state index in [2.05, 4.69) is 0 Å². The van der Waals surface area contributed by atoms with Crippen LogP contribution < -0.4 is 15.2 Å². The zero-order chi connectivity index (χ0) is 32.4. The van der Waals surface area contributed by atoms with Gasteiger partial charge in [-0.3, -0.25) is 0 Å². The molecule has 2 unspecified atom stereocenters. The Balaban J connectivity index is 1.72. The van der Waals surface area contributed by atoms with Gasteiger partial charge in [0.1, 0.15) is 35.4 Å². The lowest BCUT2D eigenvalue weighted by Crippen LogP contribution is -2.37. The Hall–Kier alpha value is -3.70. The van der Waals surface area contributed by atoms with Crippen molar-refractivity contribution in [1.82, 2.24) is 0 Å². The van der Waals surface area contributed by atoms with Gasteiger partial charge >= 0.3 is 11.9 Å². The Morgan fingerprint density at radius 3 is 2.56 bits per heavy atom. The molecule has 2 aromatic carbocycles. The van der Waals surface area contributed by atoms with Crippen molar-refractivity contribution in [2.75, 3.05) is 27.1 Å². The van der Waals surface area contributed by atoms with E-state index in [0.29, 0.717) is 36.4 Å². The van der Waals surface area contributed by atoms with Crippen LogP contribution in [0.2, 0.25) is 0 Å². The summed E-state index contributed by atoms with van der Waals surface area (Å²) in [6.07, 6.45) is 7.04. The predicted molar refractivity (Wildman–Crippen MR) is 169 cm³/mol. The summed E-state index contributed by atoms with van der Waals surface area (Å²) in [4.78, 5) is 26.8. The van der Waals surface area contributed by atoms with Crippen LogP contribution in [-0.2, 0) is 23.7 Å². The molecule has 45 heavy (non-hydrogen) atoms. The largest absolute Gasteiger partial charge is 0.493 e. The average molecular weight is 624 g/mol. The van der Waals surface area contributed by atoms with E-state index in [1.165, 1.54) is 7.11 Å². The number of fused-ring (bicyclic) bond motifs is 2. The second kappa shape index (κ2) is 16.0. The third-order valence-corrected chi connectivity index (χ3v) is 7.61. The molecular formula is C35H45NO9. The van der Waals surface area contributed by atoms with Gasteiger partial charge in [0.15, 0.2) is 12.6 Å². The molecule has 0 radical (unpaired) electrons. The Morgan fingerprint density at radius 2 is 1.82 bits per heavy atom. The summed E-state index contributed by atoms with van der Waals surface area (Å²) in [6.45, 7) is 8.36. The molecule has 10 nitrogen and oxygen atoms in total. The van der Waals surface area contributed by atoms with Gasteiger partial charge in [0, 0.05) is 19.1 Å². The summed E-state index contributed by atoms with van der Waals surface area (Å²) in [5, 5.41) is 0. The molecule has 0 aromatic heterocycles. The van der Waals surface area contributed by atoms with Gasteiger partial charge < -0.3 is 38.9 Å². The number of ether oxygens (including phenoxy) is 7. The Morgan fingerprint density at radius 1 is 1.04 bits per heavy atom. The fraction of sp³-hybridized carbons (Fsp3) is 0.486. The van der Waals surface area contributed by atoms with Gasteiger partial charge in [-0.25, -0.2) is 9.59 Å². The molecular weight excluding hydrogens is 578 g/mol. The van der Waals surface area contributed by atoms with Crippen LogP contribution in [0.1, 0.15) is 73.2 Å². The van der Waals surface area contributed by atoms with E-state index in [4.69, 9.17) is 38.9 Å². The number of hydrogen-bond acceptors (Lipinski definition) is 10. The lowest BCUT2D eigenvalue weighted by molar-refractivity contribution is -0.152. The molecule has 5 atom stereocenters. The van der Waals surface area contributed by atoms with Crippen LogP contribution in [0.25, 0.3) is 6.08 Å². The van der Waals surface area contributed by atoms with Gasteiger partial charge in [0.2, 0.25) is 0 Å². The van der Waals surface area contributed by atoms with Gasteiger partial charge in [0.05, 0.1) is 18.3 Å². The van der Waals surface area contributed by atoms with E-state index < -0.39 is 42.1 Å². The predicted octanol–water partition coefficient (Wildman–Crippen LogP) is 5.69. The van der Waals surface area contributed by atoms with Crippen LogP contribution in [0.4, 0.5) is 0 Å². The number of carbonyl (C=O) groups is 2. The van der Waals surface area contributed by atoms with E-state index in [1.54, 1.807) is 42.5 Å². The molecule has 2 aromatic rings. The monoisotopic (exact) mass is 623 g/mol. The Labute approximate surface area is 265 Å². The molecule has 0 spiro atoms. The molecule has 4 rings (SSSR count). The molecule has 2 heterocycles. The van der Waals surface area contributed by atoms with Crippen molar-refractivity contribution in [3.63, 3.8) is 0 Å². The molecule has 2 aliphatic rings. The number of hydrogen-bond donors (Lipinski definition) is 1. The van der Waals surface area contributed by atoms with Crippen LogP contribution >= 0.6 is 0 Å². The molecule has 0 bridgehead atoms. The van der Waals surface area contributed by atoms with Crippen molar-refractivity contribution in [2.45, 2.75) is 77.2 Å². The van der Waals surface area contributed by atoms with Crippen molar-refractivity contribution in [3.8, 4) is 11.5 Å². The summed E-state index contributed by atoms with van der Waals surface area (Å²) in [7, 11) is 1.51. The number of esters is 2.